The van der Waals surface area contributed by atoms with Crippen LogP contribution in [0.1, 0.15) is 39.7 Å². The average Bonchev–Trinajstić information content (AvgIpc) is 3.83. The van der Waals surface area contributed by atoms with Crippen LogP contribution >= 0.6 is 0 Å². The third-order valence-electron chi connectivity index (χ3n) is 9.25. The number of nitrogens with zero attached hydrogens (tertiary/aromatic N) is 1. The lowest BCUT2D eigenvalue weighted by molar-refractivity contribution is -0.140. The lowest BCUT2D eigenvalue weighted by Gasteiger charge is -2.42. The van der Waals surface area contributed by atoms with E-state index in [9.17, 15) is 4.79 Å². The van der Waals surface area contributed by atoms with E-state index in [-0.39, 0.29) is 32.1 Å². The lowest BCUT2D eigenvalue weighted by atomic mass is 9.62. The van der Waals surface area contributed by atoms with E-state index in [1.165, 1.54) is 0 Å². The number of hydrogen-bond acceptors (Lipinski definition) is 8. The largest absolute Gasteiger partial charge is 0.492 e. The summed E-state index contributed by atoms with van der Waals surface area (Å²) in [4.78, 5) is 30.6. The Kier molecular flexibility index (Phi) is 6.73. The first kappa shape index (κ1) is 27.4. The van der Waals surface area contributed by atoms with E-state index in [1.54, 1.807) is 7.11 Å². The van der Waals surface area contributed by atoms with Crippen molar-refractivity contribution in [1.82, 2.24) is 4.90 Å². The number of amides is 1. The van der Waals surface area contributed by atoms with Crippen LogP contribution in [0.2, 0.25) is 0 Å². The van der Waals surface area contributed by atoms with Gasteiger partial charge in [-0.05, 0) is 40.5 Å². The number of carbonyl (C=O) groups excluding carboxylic acids is 2. The SMILES string of the molecule is COc1c2c(cc3c1[C@H]1C(=O)OC[C@H]1[C@H](C(=O)N(Cc1ccccc1)Cc1ccccc1)[C@@H]3c1ccc3c(c1)OCO3)OCO2. The lowest BCUT2D eigenvalue weighted by Crippen LogP contribution is -2.45. The van der Waals surface area contributed by atoms with Crippen LogP contribution in [0.15, 0.2) is 84.9 Å². The molecule has 0 N–H and O–H groups in total. The number of hydrogen-bond donors (Lipinski definition) is 0. The monoisotopic (exact) mass is 605 g/mol. The van der Waals surface area contributed by atoms with Crippen molar-refractivity contribution in [2.45, 2.75) is 24.9 Å². The van der Waals surface area contributed by atoms with Gasteiger partial charge in [-0.1, -0.05) is 66.7 Å². The van der Waals surface area contributed by atoms with Crippen LogP contribution in [0, 0.1) is 11.8 Å². The Balaban J connectivity index is 1.31. The highest BCUT2D eigenvalue weighted by atomic mass is 16.7. The second-order valence-corrected chi connectivity index (χ2v) is 11.7. The maximum atomic E-state index is 15.2. The number of methoxy groups -OCH3 is 1. The molecule has 9 heteroatoms. The highest BCUT2D eigenvalue weighted by Crippen LogP contribution is 2.60. The van der Waals surface area contributed by atoms with Crippen molar-refractivity contribution in [2.24, 2.45) is 11.8 Å². The number of ether oxygens (including phenoxy) is 6. The molecule has 4 aromatic rings. The molecule has 0 saturated carbocycles. The van der Waals surface area contributed by atoms with Crippen LogP contribution < -0.4 is 23.7 Å². The Hall–Kier alpha value is -5.18. The van der Waals surface area contributed by atoms with E-state index in [4.69, 9.17) is 28.4 Å². The molecular formula is C36H31NO8. The van der Waals surface area contributed by atoms with Gasteiger partial charge in [0.2, 0.25) is 25.2 Å². The van der Waals surface area contributed by atoms with Crippen molar-refractivity contribution in [3.8, 4) is 28.7 Å². The predicted molar refractivity (Wildman–Crippen MR) is 161 cm³/mol. The Morgan fingerprint density at radius 3 is 2.16 bits per heavy atom. The number of cyclic esters (lactones) is 1. The zero-order valence-electron chi connectivity index (χ0n) is 24.6. The molecule has 4 aromatic carbocycles. The van der Waals surface area contributed by atoms with Crippen molar-refractivity contribution in [3.05, 3.63) is 113 Å². The van der Waals surface area contributed by atoms with Crippen LogP contribution in [0.3, 0.4) is 0 Å². The Morgan fingerprint density at radius 2 is 1.44 bits per heavy atom. The number of benzene rings is 4. The van der Waals surface area contributed by atoms with Crippen molar-refractivity contribution in [1.29, 1.82) is 0 Å². The Labute approximate surface area is 260 Å². The standard InChI is InChI=1S/C36H31NO8/c1-40-34-30-24(15-28-33(34)45-20-44-28)29(23-12-13-26-27(14-23)43-19-42-26)31(25-18-41-36(39)32(25)30)35(38)37(16-21-8-4-2-5-9-21)17-22-10-6-3-7-11-22/h2-15,25,29,31-32H,16-20H2,1H3/t25-,29+,31-,32-/m0/s1. The first-order valence-electron chi connectivity index (χ1n) is 15.0. The summed E-state index contributed by atoms with van der Waals surface area (Å²) in [6.45, 7) is 1.09. The summed E-state index contributed by atoms with van der Waals surface area (Å²) in [5.41, 5.74) is 4.33. The minimum absolute atomic E-state index is 0.0338. The highest BCUT2D eigenvalue weighted by Gasteiger charge is 2.56. The van der Waals surface area contributed by atoms with Gasteiger partial charge in [0.05, 0.1) is 25.6 Å². The number of fused-ring (bicyclic) bond motifs is 5. The summed E-state index contributed by atoms with van der Waals surface area (Å²) < 4.78 is 34.7. The maximum Gasteiger partial charge on any atom is 0.314 e. The summed E-state index contributed by atoms with van der Waals surface area (Å²) >= 11 is 0. The molecule has 9 nitrogen and oxygen atoms in total. The van der Waals surface area contributed by atoms with Crippen LogP contribution in [0.25, 0.3) is 0 Å². The van der Waals surface area contributed by atoms with Crippen LogP contribution in [-0.4, -0.2) is 44.1 Å². The zero-order chi connectivity index (χ0) is 30.5. The summed E-state index contributed by atoms with van der Waals surface area (Å²) in [7, 11) is 1.56. The van der Waals surface area contributed by atoms with E-state index in [0.717, 1.165) is 22.3 Å². The third kappa shape index (κ3) is 4.61. The average molecular weight is 606 g/mol. The smallest absolute Gasteiger partial charge is 0.314 e. The van der Waals surface area contributed by atoms with Gasteiger partial charge in [0.1, 0.15) is 0 Å². The van der Waals surface area contributed by atoms with Crippen molar-refractivity contribution >= 4 is 11.9 Å². The molecule has 1 saturated heterocycles. The molecule has 8 rings (SSSR count). The molecule has 1 aliphatic carbocycles. The van der Waals surface area contributed by atoms with Gasteiger partial charge in [0.15, 0.2) is 23.0 Å². The zero-order valence-corrected chi connectivity index (χ0v) is 24.6. The molecule has 3 heterocycles. The van der Waals surface area contributed by atoms with Gasteiger partial charge in [-0.3, -0.25) is 9.59 Å². The molecule has 4 aliphatic rings. The number of esters is 1. The van der Waals surface area contributed by atoms with Gasteiger partial charge >= 0.3 is 5.97 Å². The summed E-state index contributed by atoms with van der Waals surface area (Å²) in [6, 6.07) is 27.6. The molecule has 0 aromatic heterocycles. The molecule has 4 atom stereocenters. The highest BCUT2D eigenvalue weighted by molar-refractivity contribution is 5.89. The Morgan fingerprint density at radius 1 is 0.778 bits per heavy atom. The molecular weight excluding hydrogens is 574 g/mol. The van der Waals surface area contributed by atoms with E-state index in [2.05, 4.69) is 0 Å². The normalized spacial score (nSPS) is 21.9. The molecule has 3 aliphatic heterocycles. The summed E-state index contributed by atoms with van der Waals surface area (Å²) in [5, 5.41) is 0. The Bertz CT molecular complexity index is 1730. The minimum atomic E-state index is -0.709. The summed E-state index contributed by atoms with van der Waals surface area (Å²) in [5.74, 6) is -0.0594. The van der Waals surface area contributed by atoms with Crippen LogP contribution in [-0.2, 0) is 27.4 Å². The van der Waals surface area contributed by atoms with Gasteiger partial charge in [-0.15, -0.1) is 0 Å². The fourth-order valence-corrected chi connectivity index (χ4v) is 7.30. The first-order chi connectivity index (χ1) is 22.1. The van der Waals surface area contributed by atoms with Crippen LogP contribution in [0.4, 0.5) is 0 Å². The van der Waals surface area contributed by atoms with Gasteiger partial charge in [0, 0.05) is 30.5 Å². The fourth-order valence-electron chi connectivity index (χ4n) is 7.30. The molecule has 228 valence electrons. The molecule has 1 amide bonds. The van der Waals surface area contributed by atoms with Gasteiger partial charge < -0.3 is 33.3 Å². The number of carbonyl (C=O) groups is 2. The third-order valence-corrected chi connectivity index (χ3v) is 9.25. The van der Waals surface area contributed by atoms with Gasteiger partial charge in [-0.2, -0.15) is 0 Å². The van der Waals surface area contributed by atoms with Crippen molar-refractivity contribution in [3.63, 3.8) is 0 Å². The fraction of sp³-hybridized carbons (Fsp3) is 0.278. The quantitative estimate of drug-likeness (QED) is 0.259. The summed E-state index contributed by atoms with van der Waals surface area (Å²) in [6.07, 6.45) is 0. The minimum Gasteiger partial charge on any atom is -0.492 e. The second-order valence-electron chi connectivity index (χ2n) is 11.7. The predicted octanol–water partition coefficient (Wildman–Crippen LogP) is 5.40. The van der Waals surface area contributed by atoms with Crippen molar-refractivity contribution < 1.29 is 38.0 Å². The van der Waals surface area contributed by atoms with Crippen LogP contribution in [0.5, 0.6) is 28.7 Å². The van der Waals surface area contributed by atoms with E-state index < -0.39 is 23.7 Å². The molecule has 0 spiro atoms. The number of rotatable bonds is 7. The van der Waals surface area contributed by atoms with E-state index in [1.807, 2.05) is 89.8 Å². The molecule has 0 unspecified atom stereocenters. The van der Waals surface area contributed by atoms with Crippen molar-refractivity contribution in [2.75, 3.05) is 27.3 Å². The molecule has 0 radical (unpaired) electrons. The molecule has 1 fully saturated rings. The first-order valence-corrected chi connectivity index (χ1v) is 15.0. The van der Waals surface area contributed by atoms with Gasteiger partial charge in [0.25, 0.3) is 0 Å². The topological polar surface area (TPSA) is 92.8 Å². The molecule has 45 heavy (non-hydrogen) atoms. The van der Waals surface area contributed by atoms with Gasteiger partial charge in [-0.25, -0.2) is 0 Å². The molecule has 0 bridgehead atoms. The maximum absolute atomic E-state index is 15.2. The van der Waals surface area contributed by atoms with E-state index >= 15 is 4.79 Å². The van der Waals surface area contributed by atoms with E-state index in [0.29, 0.717) is 47.4 Å². The second kappa shape index (κ2) is 11.1.